The van der Waals surface area contributed by atoms with Crippen molar-refractivity contribution in [1.29, 1.82) is 0 Å². The molecule has 0 amide bonds. The van der Waals surface area contributed by atoms with E-state index in [0.29, 0.717) is 11.8 Å². The predicted molar refractivity (Wildman–Crippen MR) is 79.2 cm³/mol. The third-order valence-corrected chi connectivity index (χ3v) is 2.83. The topological polar surface area (TPSA) is 38.7 Å². The van der Waals surface area contributed by atoms with Crippen molar-refractivity contribution in [3.05, 3.63) is 53.9 Å². The Morgan fingerprint density at radius 2 is 1.47 bits per heavy atom. The van der Waals surface area contributed by atoms with E-state index in [1.165, 1.54) is 11.1 Å². The molecule has 19 heavy (non-hydrogen) atoms. The van der Waals surface area contributed by atoms with Crippen LogP contribution in [0.4, 0.5) is 0 Å². The molecule has 0 spiro atoms. The minimum Gasteiger partial charge on any atom is -0.262 e. The van der Waals surface area contributed by atoms with Gasteiger partial charge in [-0.25, -0.2) is 9.97 Å². The summed E-state index contributed by atoms with van der Waals surface area (Å²) in [6.45, 7) is 10.6. The van der Waals surface area contributed by atoms with Crippen molar-refractivity contribution in [2.45, 2.75) is 46.5 Å². The van der Waals surface area contributed by atoms with Crippen molar-refractivity contribution in [1.82, 2.24) is 15.0 Å². The Morgan fingerprint density at radius 1 is 0.895 bits per heavy atom. The molecule has 0 saturated carbocycles. The maximum atomic E-state index is 4.12. The van der Waals surface area contributed by atoms with Crippen molar-refractivity contribution in [3.63, 3.8) is 0 Å². The first-order valence-electron chi connectivity index (χ1n) is 6.68. The smallest absolute Gasteiger partial charge is 0.115 e. The van der Waals surface area contributed by atoms with E-state index in [-0.39, 0.29) is 0 Å². The summed E-state index contributed by atoms with van der Waals surface area (Å²) in [5.74, 6) is 1.15. The Morgan fingerprint density at radius 3 is 1.84 bits per heavy atom. The van der Waals surface area contributed by atoms with Gasteiger partial charge in [-0.1, -0.05) is 27.7 Å². The number of rotatable bonds is 2. The molecule has 0 aliphatic heterocycles. The third-order valence-electron chi connectivity index (χ3n) is 2.83. The van der Waals surface area contributed by atoms with E-state index >= 15 is 0 Å². The molecule has 0 aliphatic rings. The Hall–Kier alpha value is -1.77. The average Bonchev–Trinajstić information content (AvgIpc) is 2.40. The average molecular weight is 257 g/mol. The highest BCUT2D eigenvalue weighted by molar-refractivity contribution is 5.18. The summed E-state index contributed by atoms with van der Waals surface area (Å²) < 4.78 is 0. The normalized spacial score (nSPS) is 10.3. The molecule has 0 aliphatic carbocycles. The van der Waals surface area contributed by atoms with E-state index in [2.05, 4.69) is 54.8 Å². The number of hydrogen-bond acceptors (Lipinski definition) is 3. The minimum absolute atomic E-state index is 0.534. The van der Waals surface area contributed by atoms with Crippen LogP contribution in [0.1, 0.15) is 56.4 Å². The first-order valence-corrected chi connectivity index (χ1v) is 6.68. The summed E-state index contributed by atoms with van der Waals surface area (Å²) >= 11 is 0. The lowest BCUT2D eigenvalue weighted by Crippen LogP contribution is -1.88. The van der Waals surface area contributed by atoms with Gasteiger partial charge in [0.25, 0.3) is 0 Å². The lowest BCUT2D eigenvalue weighted by Gasteiger charge is -2.03. The number of aryl methyl sites for hydroxylation is 1. The third kappa shape index (κ3) is 5.60. The van der Waals surface area contributed by atoms with Crippen molar-refractivity contribution >= 4 is 0 Å². The van der Waals surface area contributed by atoms with E-state index in [1.54, 1.807) is 6.33 Å². The molecule has 2 aromatic heterocycles. The maximum Gasteiger partial charge on any atom is 0.115 e. The SMILES string of the molecule is CC(C)c1cncnc1.Cc1cc(C(C)C)ccn1. The number of nitrogens with zero attached hydrogens (tertiary/aromatic N) is 3. The molecule has 0 bridgehead atoms. The maximum absolute atomic E-state index is 4.12. The van der Waals surface area contributed by atoms with Gasteiger partial charge in [-0.15, -0.1) is 0 Å². The summed E-state index contributed by atoms with van der Waals surface area (Å²) in [7, 11) is 0. The number of pyridine rings is 1. The molecule has 0 fully saturated rings. The summed E-state index contributed by atoms with van der Waals surface area (Å²) in [4.78, 5) is 11.9. The first-order chi connectivity index (χ1) is 9.00. The van der Waals surface area contributed by atoms with E-state index in [1.807, 2.05) is 25.5 Å². The Kier molecular flexibility index (Phi) is 6.13. The molecule has 0 saturated heterocycles. The highest BCUT2D eigenvalue weighted by Crippen LogP contribution is 2.13. The van der Waals surface area contributed by atoms with Gasteiger partial charge in [0.15, 0.2) is 0 Å². The van der Waals surface area contributed by atoms with Gasteiger partial charge in [-0.2, -0.15) is 0 Å². The molecular weight excluding hydrogens is 234 g/mol. The Balaban J connectivity index is 0.000000191. The zero-order valence-electron chi connectivity index (χ0n) is 12.5. The van der Waals surface area contributed by atoms with Crippen LogP contribution in [-0.4, -0.2) is 15.0 Å². The molecule has 0 aromatic carbocycles. The van der Waals surface area contributed by atoms with Gasteiger partial charge in [0.2, 0.25) is 0 Å². The molecule has 0 unspecified atom stereocenters. The largest absolute Gasteiger partial charge is 0.262 e. The van der Waals surface area contributed by atoms with Crippen LogP contribution in [0.3, 0.4) is 0 Å². The monoisotopic (exact) mass is 257 g/mol. The Bertz CT molecular complexity index is 478. The van der Waals surface area contributed by atoms with E-state index in [9.17, 15) is 0 Å². The van der Waals surface area contributed by atoms with Gasteiger partial charge in [0.05, 0.1) is 0 Å². The lowest BCUT2D eigenvalue weighted by molar-refractivity contribution is 0.845. The minimum atomic E-state index is 0.534. The van der Waals surface area contributed by atoms with E-state index in [0.717, 1.165) is 5.69 Å². The molecule has 3 heteroatoms. The molecule has 2 heterocycles. The fourth-order valence-corrected chi connectivity index (χ4v) is 1.54. The van der Waals surface area contributed by atoms with Crippen LogP contribution in [0.25, 0.3) is 0 Å². The lowest BCUT2D eigenvalue weighted by atomic mass is 10.0. The standard InChI is InChI=1S/C9H13N.C7H10N2/c1-7(2)9-4-5-10-8(3)6-9;1-6(2)7-3-8-5-9-4-7/h4-7H,1-3H3;3-6H,1-2H3. The van der Waals surface area contributed by atoms with Crippen molar-refractivity contribution in [3.8, 4) is 0 Å². The van der Waals surface area contributed by atoms with Crippen LogP contribution < -0.4 is 0 Å². The van der Waals surface area contributed by atoms with Crippen molar-refractivity contribution in [2.75, 3.05) is 0 Å². The molecule has 0 atom stereocenters. The highest BCUT2D eigenvalue weighted by Gasteiger charge is 1.97. The zero-order chi connectivity index (χ0) is 14.3. The van der Waals surface area contributed by atoms with Crippen LogP contribution in [-0.2, 0) is 0 Å². The van der Waals surface area contributed by atoms with Gasteiger partial charge in [0.1, 0.15) is 6.33 Å². The fraction of sp³-hybridized carbons (Fsp3) is 0.438. The summed E-state index contributed by atoms with van der Waals surface area (Å²) in [5.41, 5.74) is 3.66. The zero-order valence-corrected chi connectivity index (χ0v) is 12.5. The van der Waals surface area contributed by atoms with Crippen molar-refractivity contribution in [2.24, 2.45) is 0 Å². The van der Waals surface area contributed by atoms with E-state index < -0.39 is 0 Å². The number of hydrogen-bond donors (Lipinski definition) is 0. The summed E-state index contributed by atoms with van der Waals surface area (Å²) in [6.07, 6.45) is 7.10. The quantitative estimate of drug-likeness (QED) is 0.812. The van der Waals surface area contributed by atoms with Crippen LogP contribution in [0.15, 0.2) is 37.1 Å². The van der Waals surface area contributed by atoms with Gasteiger partial charge in [-0.3, -0.25) is 4.98 Å². The highest BCUT2D eigenvalue weighted by atomic mass is 14.8. The molecule has 2 aromatic rings. The van der Waals surface area contributed by atoms with Crippen LogP contribution >= 0.6 is 0 Å². The molecule has 2 rings (SSSR count). The van der Waals surface area contributed by atoms with Crippen LogP contribution in [0, 0.1) is 6.92 Å². The van der Waals surface area contributed by atoms with Crippen LogP contribution in [0.5, 0.6) is 0 Å². The Labute approximate surface area is 116 Å². The first kappa shape index (κ1) is 15.3. The second kappa shape index (κ2) is 7.62. The van der Waals surface area contributed by atoms with E-state index in [4.69, 9.17) is 0 Å². The summed E-state index contributed by atoms with van der Waals surface area (Å²) in [5, 5.41) is 0. The van der Waals surface area contributed by atoms with Crippen LogP contribution in [0.2, 0.25) is 0 Å². The molecule has 3 nitrogen and oxygen atoms in total. The van der Waals surface area contributed by atoms with Crippen molar-refractivity contribution < 1.29 is 0 Å². The number of aromatic nitrogens is 3. The van der Waals surface area contributed by atoms with Gasteiger partial charge in [0, 0.05) is 24.3 Å². The molecule has 102 valence electrons. The second-order valence-electron chi connectivity index (χ2n) is 5.21. The van der Waals surface area contributed by atoms with Gasteiger partial charge < -0.3 is 0 Å². The summed E-state index contributed by atoms with van der Waals surface area (Å²) in [6, 6.07) is 4.20. The fourth-order valence-electron chi connectivity index (χ4n) is 1.54. The second-order valence-corrected chi connectivity index (χ2v) is 5.21. The van der Waals surface area contributed by atoms with Gasteiger partial charge in [-0.05, 0) is 42.0 Å². The molecule has 0 radical (unpaired) electrons. The molecule has 0 N–H and O–H groups in total. The molecular formula is C16H23N3. The van der Waals surface area contributed by atoms with Gasteiger partial charge >= 0.3 is 0 Å². The predicted octanol–water partition coefficient (Wildman–Crippen LogP) is 4.11.